The molecule has 0 heterocycles. The molecule has 84 valence electrons. The van der Waals surface area contributed by atoms with E-state index in [4.69, 9.17) is 0 Å². The molecule has 0 radical (unpaired) electrons. The summed E-state index contributed by atoms with van der Waals surface area (Å²) in [7, 11) is 0. The summed E-state index contributed by atoms with van der Waals surface area (Å²) in [6.07, 6.45) is -18.1. The van der Waals surface area contributed by atoms with E-state index in [1.807, 2.05) is 0 Å². The van der Waals surface area contributed by atoms with Gasteiger partial charge in [0.15, 0.2) is 0 Å². The molecule has 0 fully saturated rings. The van der Waals surface area contributed by atoms with Gasteiger partial charge in [-0.3, -0.25) is 0 Å². The fraction of sp³-hybridized carbons (Fsp3) is 0.750. The molecule has 0 aromatic rings. The lowest BCUT2D eigenvalue weighted by atomic mass is 10.7. The van der Waals surface area contributed by atoms with E-state index in [-0.39, 0.29) is 0 Å². The van der Waals surface area contributed by atoms with Gasteiger partial charge in [-0.25, -0.2) is 4.79 Å². The van der Waals surface area contributed by atoms with E-state index < -0.39 is 25.1 Å². The first-order valence-corrected chi connectivity index (χ1v) is 2.69. The number of ether oxygens (including phenoxy) is 2. The number of carbonyl (C=O) groups excluding carboxylic acids is 1. The zero-order valence-electron chi connectivity index (χ0n) is 5.95. The fourth-order valence-corrected chi connectivity index (χ4v) is 0.270. The maximum Gasteiger partial charge on any atom is 0.577 e. The van der Waals surface area contributed by atoms with Crippen LogP contribution in [0.4, 0.5) is 35.5 Å². The SMILES string of the molecule is O=C(OC(F)C(F)(F)F)OC(F)(F)F. The highest BCUT2D eigenvalue weighted by Gasteiger charge is 2.45. The molecule has 0 aromatic carbocycles. The Hall–Kier alpha value is -1.22. The summed E-state index contributed by atoms with van der Waals surface area (Å²) in [5, 5.41) is 0. The molecule has 10 heteroatoms. The normalized spacial score (nSPS) is 14.8. The lowest BCUT2D eigenvalue weighted by Gasteiger charge is -2.13. The summed E-state index contributed by atoms with van der Waals surface area (Å²) in [6, 6.07) is 0. The van der Waals surface area contributed by atoms with Crippen LogP contribution < -0.4 is 0 Å². The van der Waals surface area contributed by atoms with E-state index in [2.05, 4.69) is 9.47 Å². The number of halogens is 7. The van der Waals surface area contributed by atoms with Crippen molar-refractivity contribution in [1.29, 1.82) is 0 Å². The summed E-state index contributed by atoms with van der Waals surface area (Å²) in [5.74, 6) is 0. The van der Waals surface area contributed by atoms with E-state index in [1.165, 1.54) is 0 Å². The zero-order valence-corrected chi connectivity index (χ0v) is 5.95. The van der Waals surface area contributed by atoms with E-state index in [0.29, 0.717) is 0 Å². The van der Waals surface area contributed by atoms with Crippen LogP contribution >= 0.6 is 0 Å². The molecule has 0 rings (SSSR count). The van der Waals surface area contributed by atoms with Gasteiger partial charge in [0.25, 0.3) is 0 Å². The molecule has 1 atom stereocenters. The molecule has 0 aromatic heterocycles. The predicted octanol–water partition coefficient (Wildman–Crippen LogP) is 2.52. The van der Waals surface area contributed by atoms with Crippen molar-refractivity contribution in [2.24, 2.45) is 0 Å². The average molecular weight is 230 g/mol. The lowest BCUT2D eigenvalue weighted by molar-refractivity contribution is -0.313. The van der Waals surface area contributed by atoms with Gasteiger partial charge in [0.05, 0.1) is 0 Å². The maximum atomic E-state index is 11.7. The van der Waals surface area contributed by atoms with Gasteiger partial charge in [0.2, 0.25) is 0 Å². The fourth-order valence-electron chi connectivity index (χ4n) is 0.270. The number of alkyl halides is 7. The molecule has 0 aliphatic rings. The first-order chi connectivity index (χ1) is 6.02. The summed E-state index contributed by atoms with van der Waals surface area (Å²) >= 11 is 0. The van der Waals surface area contributed by atoms with Crippen molar-refractivity contribution in [3.05, 3.63) is 0 Å². The van der Waals surface area contributed by atoms with Crippen molar-refractivity contribution < 1.29 is 45.0 Å². The number of carbonyl (C=O) groups is 1. The second-order valence-corrected chi connectivity index (χ2v) is 1.77. The van der Waals surface area contributed by atoms with Crippen LogP contribution in [-0.2, 0) is 9.47 Å². The molecule has 3 nitrogen and oxygen atoms in total. The highest BCUT2D eigenvalue weighted by Crippen LogP contribution is 2.25. The number of rotatable bonds is 1. The minimum absolute atomic E-state index is 2.30. The molecular weight excluding hydrogens is 229 g/mol. The Morgan fingerprint density at radius 1 is 1.07 bits per heavy atom. The second kappa shape index (κ2) is 3.88. The monoisotopic (exact) mass is 230 g/mol. The third kappa shape index (κ3) is 5.43. The smallest absolute Gasteiger partial charge is 0.389 e. The Morgan fingerprint density at radius 2 is 1.50 bits per heavy atom. The lowest BCUT2D eigenvalue weighted by Crippen LogP contribution is -2.32. The van der Waals surface area contributed by atoms with Crippen molar-refractivity contribution in [2.75, 3.05) is 0 Å². The molecule has 0 N–H and O–H groups in total. The van der Waals surface area contributed by atoms with Gasteiger partial charge in [-0.1, -0.05) is 0 Å². The van der Waals surface area contributed by atoms with Gasteiger partial charge >= 0.3 is 25.1 Å². The Morgan fingerprint density at radius 3 is 1.79 bits per heavy atom. The first kappa shape index (κ1) is 12.8. The molecule has 0 saturated heterocycles. The van der Waals surface area contributed by atoms with Crippen LogP contribution in [-0.4, -0.2) is 25.1 Å². The Labute approximate surface area is 71.4 Å². The zero-order chi connectivity index (χ0) is 11.6. The van der Waals surface area contributed by atoms with Gasteiger partial charge in [-0.05, 0) is 0 Å². The molecule has 14 heavy (non-hydrogen) atoms. The average Bonchev–Trinajstić information content (AvgIpc) is 1.79. The van der Waals surface area contributed by atoms with Gasteiger partial charge in [0, 0.05) is 0 Å². The van der Waals surface area contributed by atoms with Gasteiger partial charge in [0.1, 0.15) is 0 Å². The van der Waals surface area contributed by atoms with Crippen molar-refractivity contribution >= 4 is 6.16 Å². The quantitative estimate of drug-likeness (QED) is 0.512. The number of hydrogen-bond donors (Lipinski definition) is 0. The predicted molar refractivity (Wildman–Crippen MR) is 24.6 cm³/mol. The summed E-state index contributed by atoms with van der Waals surface area (Å²) in [5.41, 5.74) is 0. The van der Waals surface area contributed by atoms with E-state index in [0.717, 1.165) is 0 Å². The van der Waals surface area contributed by atoms with Crippen LogP contribution in [0, 0.1) is 0 Å². The largest absolute Gasteiger partial charge is 0.577 e. The molecule has 0 spiro atoms. The van der Waals surface area contributed by atoms with E-state index >= 15 is 0 Å². The molecule has 0 aliphatic heterocycles. The standard InChI is InChI=1S/C4HF7O3/c5-1(3(6,7)8)13-2(12)14-4(9,10)11/h1H. The maximum absolute atomic E-state index is 11.7. The number of hydrogen-bond acceptors (Lipinski definition) is 3. The van der Waals surface area contributed by atoms with Gasteiger partial charge < -0.3 is 9.47 Å². The summed E-state index contributed by atoms with van der Waals surface area (Å²) in [6.45, 7) is 0. The topological polar surface area (TPSA) is 35.5 Å². The van der Waals surface area contributed by atoms with Crippen molar-refractivity contribution in [3.8, 4) is 0 Å². The first-order valence-electron chi connectivity index (χ1n) is 2.69. The van der Waals surface area contributed by atoms with E-state index in [1.54, 1.807) is 0 Å². The Kier molecular flexibility index (Phi) is 3.54. The van der Waals surface area contributed by atoms with Crippen molar-refractivity contribution in [3.63, 3.8) is 0 Å². The second-order valence-electron chi connectivity index (χ2n) is 1.77. The van der Waals surface area contributed by atoms with Gasteiger partial charge in [-0.15, -0.1) is 13.2 Å². The summed E-state index contributed by atoms with van der Waals surface area (Å²) < 4.78 is 83.8. The molecule has 1 unspecified atom stereocenters. The van der Waals surface area contributed by atoms with Crippen LogP contribution in [0.5, 0.6) is 0 Å². The van der Waals surface area contributed by atoms with Crippen LogP contribution in [0.1, 0.15) is 0 Å². The molecular formula is C4HF7O3. The molecule has 0 bridgehead atoms. The minimum Gasteiger partial charge on any atom is -0.389 e. The van der Waals surface area contributed by atoms with Crippen LogP contribution in [0.25, 0.3) is 0 Å². The third-order valence-corrected chi connectivity index (χ3v) is 0.656. The van der Waals surface area contributed by atoms with Crippen LogP contribution in [0.2, 0.25) is 0 Å². The van der Waals surface area contributed by atoms with Crippen molar-refractivity contribution in [1.82, 2.24) is 0 Å². The summed E-state index contributed by atoms with van der Waals surface area (Å²) in [4.78, 5) is 9.81. The van der Waals surface area contributed by atoms with Crippen LogP contribution in [0.15, 0.2) is 0 Å². The molecule has 0 amide bonds. The highest BCUT2D eigenvalue weighted by molar-refractivity contribution is 5.60. The third-order valence-electron chi connectivity index (χ3n) is 0.656. The van der Waals surface area contributed by atoms with Crippen molar-refractivity contribution in [2.45, 2.75) is 18.9 Å². The highest BCUT2D eigenvalue weighted by atomic mass is 19.4. The molecule has 0 aliphatic carbocycles. The van der Waals surface area contributed by atoms with Crippen LogP contribution in [0.3, 0.4) is 0 Å². The van der Waals surface area contributed by atoms with Gasteiger partial charge in [-0.2, -0.15) is 17.6 Å². The minimum atomic E-state index is -5.59. The Bertz CT molecular complexity index is 206. The van der Waals surface area contributed by atoms with E-state index in [9.17, 15) is 35.5 Å². The Balaban J connectivity index is 4.09. The molecule has 0 saturated carbocycles.